The molecular formula is C19H17F2N3O2. The topological polar surface area (TPSA) is 46.8 Å². The van der Waals surface area contributed by atoms with Gasteiger partial charge in [0.1, 0.15) is 11.6 Å². The normalized spacial score (nSPS) is 15.5. The van der Waals surface area contributed by atoms with E-state index in [0.29, 0.717) is 25.5 Å². The predicted octanol–water partition coefficient (Wildman–Crippen LogP) is 2.68. The van der Waals surface area contributed by atoms with Gasteiger partial charge in [-0.2, -0.15) is 0 Å². The highest BCUT2D eigenvalue weighted by Crippen LogP contribution is 2.21. The third-order valence-electron chi connectivity index (χ3n) is 4.49. The number of nitrogens with zero attached hydrogens (tertiary/aromatic N) is 3. The van der Waals surface area contributed by atoms with Crippen LogP contribution in [0.3, 0.4) is 0 Å². The summed E-state index contributed by atoms with van der Waals surface area (Å²) in [6.45, 7) is 3.40. The molecule has 0 aliphatic carbocycles. The number of imidazole rings is 1. The number of rotatable bonds is 4. The van der Waals surface area contributed by atoms with Crippen LogP contribution >= 0.6 is 0 Å². The van der Waals surface area contributed by atoms with Gasteiger partial charge in [0.25, 0.3) is 0 Å². The molecule has 1 aliphatic rings. The maximum atomic E-state index is 14.0. The largest absolute Gasteiger partial charge is 0.379 e. The lowest BCUT2D eigenvalue weighted by atomic mass is 10.1. The average molecular weight is 357 g/mol. The van der Waals surface area contributed by atoms with Crippen molar-refractivity contribution in [2.75, 3.05) is 26.3 Å². The van der Waals surface area contributed by atoms with Crippen molar-refractivity contribution in [3.05, 3.63) is 71.3 Å². The van der Waals surface area contributed by atoms with Crippen molar-refractivity contribution in [2.24, 2.45) is 0 Å². The second-order valence-electron chi connectivity index (χ2n) is 6.15. The van der Waals surface area contributed by atoms with Crippen LogP contribution in [0.25, 0.3) is 5.52 Å². The number of hydrogen-bond acceptors (Lipinski definition) is 4. The molecule has 0 spiro atoms. The summed E-state index contributed by atoms with van der Waals surface area (Å²) < 4.78 is 35.0. The van der Waals surface area contributed by atoms with Crippen molar-refractivity contribution in [2.45, 2.75) is 6.54 Å². The monoisotopic (exact) mass is 357 g/mol. The molecule has 1 saturated heterocycles. The molecule has 134 valence electrons. The highest BCUT2D eigenvalue weighted by molar-refractivity contribution is 6.07. The predicted molar refractivity (Wildman–Crippen MR) is 91.1 cm³/mol. The summed E-state index contributed by atoms with van der Waals surface area (Å²) in [5.74, 6) is -2.54. The molecular weight excluding hydrogens is 340 g/mol. The van der Waals surface area contributed by atoms with Gasteiger partial charge in [0, 0.05) is 25.8 Å². The van der Waals surface area contributed by atoms with Gasteiger partial charge in [-0.05, 0) is 24.3 Å². The second-order valence-corrected chi connectivity index (χ2v) is 6.15. The van der Waals surface area contributed by atoms with E-state index in [4.69, 9.17) is 4.74 Å². The Hall–Kier alpha value is -2.64. The van der Waals surface area contributed by atoms with Crippen LogP contribution in [0, 0.1) is 11.6 Å². The van der Waals surface area contributed by atoms with Crippen LogP contribution in [0.15, 0.2) is 42.6 Å². The van der Waals surface area contributed by atoms with Crippen LogP contribution < -0.4 is 0 Å². The molecule has 26 heavy (non-hydrogen) atoms. The SMILES string of the molecule is O=C(c1c(F)cccc1F)c1nc(CN2CCOCC2)c2ccccn12. The van der Waals surface area contributed by atoms with Gasteiger partial charge in [-0.25, -0.2) is 13.8 Å². The van der Waals surface area contributed by atoms with Gasteiger partial charge < -0.3 is 4.74 Å². The molecule has 0 amide bonds. The van der Waals surface area contributed by atoms with Gasteiger partial charge >= 0.3 is 0 Å². The summed E-state index contributed by atoms with van der Waals surface area (Å²) >= 11 is 0. The molecule has 0 saturated carbocycles. The summed E-state index contributed by atoms with van der Waals surface area (Å²) in [5.41, 5.74) is 0.868. The Balaban J connectivity index is 1.77. The molecule has 5 nitrogen and oxygen atoms in total. The minimum Gasteiger partial charge on any atom is -0.379 e. The first kappa shape index (κ1) is 16.8. The molecule has 0 bridgehead atoms. The zero-order chi connectivity index (χ0) is 18.1. The molecule has 4 rings (SSSR count). The van der Waals surface area contributed by atoms with Crippen LogP contribution in [0.2, 0.25) is 0 Å². The Morgan fingerprint density at radius 3 is 2.54 bits per heavy atom. The lowest BCUT2D eigenvalue weighted by Crippen LogP contribution is -2.35. The highest BCUT2D eigenvalue weighted by Gasteiger charge is 2.25. The number of halogens is 2. The number of pyridine rings is 1. The number of ketones is 1. The summed E-state index contributed by atoms with van der Waals surface area (Å²) in [4.78, 5) is 19.4. The summed E-state index contributed by atoms with van der Waals surface area (Å²) in [6.07, 6.45) is 1.68. The van der Waals surface area contributed by atoms with E-state index < -0.39 is 23.0 Å². The van der Waals surface area contributed by atoms with E-state index in [1.807, 2.05) is 12.1 Å². The first-order valence-electron chi connectivity index (χ1n) is 8.40. The average Bonchev–Trinajstić information content (AvgIpc) is 3.01. The Kier molecular flexibility index (Phi) is 4.48. The number of fused-ring (bicyclic) bond motifs is 1. The number of ether oxygens (including phenoxy) is 1. The molecule has 1 fully saturated rings. The lowest BCUT2D eigenvalue weighted by Gasteiger charge is -2.25. The molecule has 0 unspecified atom stereocenters. The van der Waals surface area contributed by atoms with Gasteiger partial charge in [-0.3, -0.25) is 14.1 Å². The molecule has 0 N–H and O–H groups in total. The summed E-state index contributed by atoms with van der Waals surface area (Å²) in [6, 6.07) is 8.81. The molecule has 7 heteroatoms. The Morgan fingerprint density at radius 2 is 1.81 bits per heavy atom. The standard InChI is InChI=1S/C19H17F2N3O2/c20-13-4-3-5-14(21)17(13)18(25)19-22-15(12-23-8-10-26-11-9-23)16-6-1-2-7-24(16)19/h1-7H,8-12H2. The van der Waals surface area contributed by atoms with E-state index in [1.165, 1.54) is 6.07 Å². The molecule has 0 atom stereocenters. The summed E-state index contributed by atoms with van der Waals surface area (Å²) in [5, 5.41) is 0. The van der Waals surface area contributed by atoms with E-state index in [9.17, 15) is 13.6 Å². The van der Waals surface area contributed by atoms with Crippen molar-refractivity contribution in [1.29, 1.82) is 0 Å². The van der Waals surface area contributed by atoms with Crippen molar-refractivity contribution in [3.63, 3.8) is 0 Å². The number of hydrogen-bond donors (Lipinski definition) is 0. The quantitative estimate of drug-likeness (QED) is 0.674. The van der Waals surface area contributed by atoms with E-state index >= 15 is 0 Å². The van der Waals surface area contributed by atoms with E-state index in [0.717, 1.165) is 30.7 Å². The Labute approximate surface area is 148 Å². The molecule has 3 aromatic rings. The van der Waals surface area contributed by atoms with Crippen molar-refractivity contribution < 1.29 is 18.3 Å². The lowest BCUT2D eigenvalue weighted by molar-refractivity contribution is 0.0338. The summed E-state index contributed by atoms with van der Waals surface area (Å²) in [7, 11) is 0. The highest BCUT2D eigenvalue weighted by atomic mass is 19.1. The molecule has 1 aliphatic heterocycles. The second kappa shape index (κ2) is 6.93. The van der Waals surface area contributed by atoms with Crippen LogP contribution in [-0.2, 0) is 11.3 Å². The van der Waals surface area contributed by atoms with Crippen molar-refractivity contribution >= 4 is 11.3 Å². The fraction of sp³-hybridized carbons (Fsp3) is 0.263. The third-order valence-corrected chi connectivity index (χ3v) is 4.49. The first-order chi connectivity index (χ1) is 12.6. The number of morpholine rings is 1. The zero-order valence-corrected chi connectivity index (χ0v) is 14.0. The number of carbonyl (C=O) groups excluding carboxylic acids is 1. The zero-order valence-electron chi connectivity index (χ0n) is 14.0. The molecule has 1 aromatic carbocycles. The molecule has 0 radical (unpaired) electrons. The number of benzene rings is 1. The number of carbonyl (C=O) groups is 1. The Bertz CT molecular complexity index is 944. The fourth-order valence-electron chi connectivity index (χ4n) is 3.18. The Morgan fingerprint density at radius 1 is 1.08 bits per heavy atom. The third kappa shape index (κ3) is 3.00. The minimum absolute atomic E-state index is 0.00728. The smallest absolute Gasteiger partial charge is 0.234 e. The van der Waals surface area contributed by atoms with Gasteiger partial charge in [0.05, 0.1) is 30.0 Å². The van der Waals surface area contributed by atoms with Crippen molar-refractivity contribution in [3.8, 4) is 0 Å². The van der Waals surface area contributed by atoms with Crippen LogP contribution in [0.1, 0.15) is 21.9 Å². The van der Waals surface area contributed by atoms with Gasteiger partial charge in [-0.1, -0.05) is 12.1 Å². The fourth-order valence-corrected chi connectivity index (χ4v) is 3.18. The minimum atomic E-state index is -0.891. The van der Waals surface area contributed by atoms with Gasteiger partial charge in [0.15, 0.2) is 5.82 Å². The van der Waals surface area contributed by atoms with Gasteiger partial charge in [0.2, 0.25) is 5.78 Å². The van der Waals surface area contributed by atoms with Crippen molar-refractivity contribution in [1.82, 2.24) is 14.3 Å². The maximum Gasteiger partial charge on any atom is 0.234 e. The molecule has 2 aromatic heterocycles. The van der Waals surface area contributed by atoms with Crippen LogP contribution in [-0.4, -0.2) is 46.4 Å². The van der Waals surface area contributed by atoms with Crippen LogP contribution in [0.5, 0.6) is 0 Å². The van der Waals surface area contributed by atoms with E-state index in [-0.39, 0.29) is 5.82 Å². The first-order valence-corrected chi connectivity index (χ1v) is 8.40. The van der Waals surface area contributed by atoms with E-state index in [2.05, 4.69) is 9.88 Å². The molecule has 3 heterocycles. The van der Waals surface area contributed by atoms with E-state index in [1.54, 1.807) is 16.7 Å². The van der Waals surface area contributed by atoms with Crippen LogP contribution in [0.4, 0.5) is 8.78 Å². The maximum absolute atomic E-state index is 14.0. The number of aromatic nitrogens is 2. The van der Waals surface area contributed by atoms with Gasteiger partial charge in [-0.15, -0.1) is 0 Å².